The number of hydrogen-bond acceptors (Lipinski definition) is 3. The zero-order valence-electron chi connectivity index (χ0n) is 12.0. The molecule has 0 radical (unpaired) electrons. The highest BCUT2D eigenvalue weighted by molar-refractivity contribution is 9.10. The van der Waals surface area contributed by atoms with Gasteiger partial charge >= 0.3 is 0 Å². The number of pyridine rings is 1. The topological polar surface area (TPSA) is 34.1 Å². The van der Waals surface area contributed by atoms with E-state index >= 15 is 0 Å². The van der Waals surface area contributed by atoms with Gasteiger partial charge in [-0.3, -0.25) is 0 Å². The standard InChI is InChI=1S/C15H23BrN2O/c1-4-19-14(2,3)15(7-9-17-10-8-15)12-5-6-13(16)18-11-12/h5-6,11,17H,4,7-10H2,1-3H3. The Bertz CT molecular complexity index is 411. The Kier molecular flexibility index (Phi) is 4.64. The van der Waals surface area contributed by atoms with Gasteiger partial charge in [-0.05, 0) is 74.3 Å². The zero-order chi connectivity index (χ0) is 13.9. The molecule has 1 aliphatic heterocycles. The highest BCUT2D eigenvalue weighted by atomic mass is 79.9. The second kappa shape index (κ2) is 5.90. The molecule has 1 saturated heterocycles. The molecule has 0 aromatic carbocycles. The fourth-order valence-electron chi connectivity index (χ4n) is 3.25. The van der Waals surface area contributed by atoms with Gasteiger partial charge in [-0.25, -0.2) is 4.98 Å². The van der Waals surface area contributed by atoms with Gasteiger partial charge < -0.3 is 10.1 Å². The Morgan fingerprint density at radius 3 is 2.58 bits per heavy atom. The lowest BCUT2D eigenvalue weighted by molar-refractivity contribution is -0.0820. The molecule has 4 heteroatoms. The lowest BCUT2D eigenvalue weighted by Crippen LogP contribution is -2.54. The van der Waals surface area contributed by atoms with E-state index in [9.17, 15) is 0 Å². The van der Waals surface area contributed by atoms with Crippen LogP contribution in [0, 0.1) is 0 Å². The third kappa shape index (κ3) is 2.86. The summed E-state index contributed by atoms with van der Waals surface area (Å²) in [6.45, 7) is 9.30. The van der Waals surface area contributed by atoms with Gasteiger partial charge in [-0.2, -0.15) is 0 Å². The molecular formula is C15H23BrN2O. The Balaban J connectivity index is 2.42. The van der Waals surface area contributed by atoms with Crippen molar-refractivity contribution in [2.24, 2.45) is 0 Å². The third-order valence-electron chi connectivity index (χ3n) is 4.39. The summed E-state index contributed by atoms with van der Waals surface area (Å²) in [5.41, 5.74) is 1.15. The highest BCUT2D eigenvalue weighted by Gasteiger charge is 2.47. The second-order valence-electron chi connectivity index (χ2n) is 5.65. The monoisotopic (exact) mass is 326 g/mol. The summed E-state index contributed by atoms with van der Waals surface area (Å²) in [4.78, 5) is 4.41. The first-order valence-corrected chi connectivity index (χ1v) is 7.78. The van der Waals surface area contributed by atoms with Gasteiger partial charge in [-0.15, -0.1) is 0 Å². The fraction of sp³-hybridized carbons (Fsp3) is 0.667. The summed E-state index contributed by atoms with van der Waals surface area (Å²) >= 11 is 3.41. The van der Waals surface area contributed by atoms with Crippen molar-refractivity contribution in [1.29, 1.82) is 0 Å². The molecule has 1 aromatic rings. The molecule has 1 aromatic heterocycles. The Morgan fingerprint density at radius 2 is 2.05 bits per heavy atom. The van der Waals surface area contributed by atoms with Crippen molar-refractivity contribution in [2.75, 3.05) is 19.7 Å². The molecule has 1 N–H and O–H groups in total. The van der Waals surface area contributed by atoms with Crippen molar-refractivity contribution >= 4 is 15.9 Å². The maximum atomic E-state index is 6.09. The molecule has 0 amide bonds. The van der Waals surface area contributed by atoms with Crippen LogP contribution >= 0.6 is 15.9 Å². The van der Waals surface area contributed by atoms with Crippen LogP contribution < -0.4 is 5.32 Å². The molecule has 106 valence electrons. The number of piperidine rings is 1. The molecule has 3 nitrogen and oxygen atoms in total. The first kappa shape index (κ1) is 14.9. The first-order valence-electron chi connectivity index (χ1n) is 6.98. The van der Waals surface area contributed by atoms with Crippen LogP contribution in [0.15, 0.2) is 22.9 Å². The van der Waals surface area contributed by atoms with Crippen LogP contribution in [-0.4, -0.2) is 30.3 Å². The van der Waals surface area contributed by atoms with Crippen molar-refractivity contribution < 1.29 is 4.74 Å². The smallest absolute Gasteiger partial charge is 0.106 e. The quantitative estimate of drug-likeness (QED) is 0.862. The van der Waals surface area contributed by atoms with E-state index in [1.807, 2.05) is 12.3 Å². The minimum Gasteiger partial charge on any atom is -0.375 e. The van der Waals surface area contributed by atoms with Gasteiger partial charge in [0.2, 0.25) is 0 Å². The maximum absolute atomic E-state index is 6.09. The van der Waals surface area contributed by atoms with Crippen LogP contribution in [0.1, 0.15) is 39.2 Å². The lowest BCUT2D eigenvalue weighted by Gasteiger charge is -2.49. The van der Waals surface area contributed by atoms with E-state index in [4.69, 9.17) is 4.74 Å². The molecule has 2 heterocycles. The van der Waals surface area contributed by atoms with Crippen molar-refractivity contribution in [2.45, 2.75) is 44.6 Å². The molecule has 0 saturated carbocycles. The van der Waals surface area contributed by atoms with E-state index < -0.39 is 0 Å². The number of nitrogens with one attached hydrogen (secondary N) is 1. The maximum Gasteiger partial charge on any atom is 0.106 e. The number of rotatable bonds is 4. The highest BCUT2D eigenvalue weighted by Crippen LogP contribution is 2.44. The molecule has 0 aliphatic carbocycles. The molecule has 1 fully saturated rings. The van der Waals surface area contributed by atoms with Gasteiger partial charge in [0.25, 0.3) is 0 Å². The van der Waals surface area contributed by atoms with E-state index in [-0.39, 0.29) is 11.0 Å². The van der Waals surface area contributed by atoms with Crippen LogP contribution in [0.3, 0.4) is 0 Å². The molecule has 0 atom stereocenters. The van der Waals surface area contributed by atoms with Gasteiger partial charge in [0, 0.05) is 18.2 Å². The molecule has 0 unspecified atom stereocenters. The average molecular weight is 327 g/mol. The number of aromatic nitrogens is 1. The lowest BCUT2D eigenvalue weighted by atomic mass is 9.63. The van der Waals surface area contributed by atoms with E-state index in [0.717, 1.165) is 37.1 Å². The molecule has 0 spiro atoms. The first-order chi connectivity index (χ1) is 9.02. The predicted molar refractivity (Wildman–Crippen MR) is 81.4 cm³/mol. The zero-order valence-corrected chi connectivity index (χ0v) is 13.6. The van der Waals surface area contributed by atoms with Crippen LogP contribution in [-0.2, 0) is 10.2 Å². The number of hydrogen-bond donors (Lipinski definition) is 1. The fourth-order valence-corrected chi connectivity index (χ4v) is 3.48. The van der Waals surface area contributed by atoms with E-state index in [1.165, 1.54) is 5.56 Å². The van der Waals surface area contributed by atoms with Crippen LogP contribution in [0.4, 0.5) is 0 Å². The van der Waals surface area contributed by atoms with Gasteiger partial charge in [-0.1, -0.05) is 6.07 Å². The van der Waals surface area contributed by atoms with E-state index in [2.05, 4.69) is 53.1 Å². The van der Waals surface area contributed by atoms with Crippen molar-refractivity contribution in [1.82, 2.24) is 10.3 Å². The Morgan fingerprint density at radius 1 is 1.37 bits per heavy atom. The minimum absolute atomic E-state index is 0.0436. The van der Waals surface area contributed by atoms with Crippen LogP contribution in [0.5, 0.6) is 0 Å². The summed E-state index contributed by atoms with van der Waals surface area (Å²) in [7, 11) is 0. The summed E-state index contributed by atoms with van der Waals surface area (Å²) in [5, 5.41) is 3.45. The summed E-state index contributed by atoms with van der Waals surface area (Å²) in [6.07, 6.45) is 4.17. The predicted octanol–water partition coefficient (Wildman–Crippen LogP) is 3.28. The Hall–Kier alpha value is -0.450. The van der Waals surface area contributed by atoms with Gasteiger partial charge in [0.05, 0.1) is 5.60 Å². The van der Waals surface area contributed by atoms with Crippen molar-refractivity contribution in [3.05, 3.63) is 28.5 Å². The summed E-state index contributed by atoms with van der Waals surface area (Å²) < 4.78 is 6.97. The number of ether oxygens (including phenoxy) is 1. The number of halogens is 1. The van der Waals surface area contributed by atoms with Crippen molar-refractivity contribution in [3.63, 3.8) is 0 Å². The van der Waals surface area contributed by atoms with Crippen LogP contribution in [0.2, 0.25) is 0 Å². The van der Waals surface area contributed by atoms with Crippen molar-refractivity contribution in [3.8, 4) is 0 Å². The summed E-state index contributed by atoms with van der Waals surface area (Å²) in [5.74, 6) is 0. The Labute approximate surface area is 124 Å². The minimum atomic E-state index is -0.181. The van der Waals surface area contributed by atoms with Gasteiger partial charge in [0.15, 0.2) is 0 Å². The molecular weight excluding hydrogens is 304 g/mol. The van der Waals surface area contributed by atoms with E-state index in [1.54, 1.807) is 0 Å². The third-order valence-corrected chi connectivity index (χ3v) is 4.86. The van der Waals surface area contributed by atoms with Gasteiger partial charge in [0.1, 0.15) is 4.60 Å². The molecule has 2 rings (SSSR count). The molecule has 0 bridgehead atoms. The normalized spacial score (nSPS) is 19.4. The van der Waals surface area contributed by atoms with Crippen LogP contribution in [0.25, 0.3) is 0 Å². The molecule has 1 aliphatic rings. The largest absolute Gasteiger partial charge is 0.375 e. The summed E-state index contributed by atoms with van der Waals surface area (Å²) in [6, 6.07) is 4.21. The second-order valence-corrected chi connectivity index (χ2v) is 6.46. The van der Waals surface area contributed by atoms with E-state index in [0.29, 0.717) is 0 Å². The SMILES string of the molecule is CCOC(C)(C)C1(c2ccc(Br)nc2)CCNCC1. The molecule has 19 heavy (non-hydrogen) atoms. The number of nitrogens with zero attached hydrogens (tertiary/aromatic N) is 1. The average Bonchev–Trinajstić information content (AvgIpc) is 2.40.